The highest BCUT2D eigenvalue weighted by Gasteiger charge is 2.19. The highest BCUT2D eigenvalue weighted by atomic mass is 16.6. The highest BCUT2D eigenvalue weighted by Crippen LogP contribution is 2.23. The zero-order chi connectivity index (χ0) is 18.9. The molecule has 2 aromatic carbocycles. The van der Waals surface area contributed by atoms with Crippen LogP contribution < -0.4 is 5.32 Å². The fraction of sp³-hybridized carbons (Fsp3) is 0.222. The van der Waals surface area contributed by atoms with Gasteiger partial charge in [0.2, 0.25) is 5.91 Å². The molecule has 8 nitrogen and oxygen atoms in total. The molecule has 2 aromatic rings. The lowest BCUT2D eigenvalue weighted by atomic mass is 10.2. The average molecular weight is 357 g/mol. The fourth-order valence-electron chi connectivity index (χ4n) is 2.39. The summed E-state index contributed by atoms with van der Waals surface area (Å²) in [6.45, 7) is 0.173. The Morgan fingerprint density at radius 1 is 1.08 bits per heavy atom. The number of esters is 1. The average Bonchev–Trinajstić information content (AvgIpc) is 2.62. The molecule has 0 aliphatic heterocycles. The van der Waals surface area contributed by atoms with Gasteiger partial charge in [0.15, 0.2) is 0 Å². The van der Waals surface area contributed by atoms with Gasteiger partial charge in [0.05, 0.1) is 25.1 Å². The first kappa shape index (κ1) is 19.1. The number of carbonyl (C=O) groups is 2. The first-order chi connectivity index (χ1) is 12.5. The Balaban J connectivity index is 2.08. The second-order valence-corrected chi connectivity index (χ2v) is 5.53. The standard InChI is InChI=1S/C18H19N3O5/c1-26-18(23)13-20(11-14-7-3-2-4-8-14)12-17(22)19-15-9-5-6-10-16(15)21(24)25/h2-10H,11-13H2,1H3,(H,19,22). The van der Waals surface area contributed by atoms with Crippen molar-refractivity contribution in [3.8, 4) is 0 Å². The first-order valence-corrected chi connectivity index (χ1v) is 7.86. The van der Waals surface area contributed by atoms with Gasteiger partial charge in [-0.1, -0.05) is 42.5 Å². The molecule has 8 heteroatoms. The minimum absolute atomic E-state index is 0.0737. The van der Waals surface area contributed by atoms with E-state index in [1.165, 1.54) is 25.3 Å². The lowest BCUT2D eigenvalue weighted by Gasteiger charge is -2.20. The Labute approximate surface area is 150 Å². The number of carbonyl (C=O) groups excluding carboxylic acids is 2. The van der Waals surface area contributed by atoms with E-state index in [-0.39, 0.29) is 24.5 Å². The number of amides is 1. The number of nitrogens with zero attached hydrogens (tertiary/aromatic N) is 2. The lowest BCUT2D eigenvalue weighted by Crippen LogP contribution is -2.37. The van der Waals surface area contributed by atoms with Crippen molar-refractivity contribution in [2.45, 2.75) is 6.54 Å². The molecule has 0 saturated carbocycles. The van der Waals surface area contributed by atoms with Gasteiger partial charge in [-0.05, 0) is 11.6 Å². The molecule has 0 aliphatic rings. The fourth-order valence-corrected chi connectivity index (χ4v) is 2.39. The maximum absolute atomic E-state index is 12.3. The molecule has 1 N–H and O–H groups in total. The number of hydrogen-bond donors (Lipinski definition) is 1. The normalized spacial score (nSPS) is 10.4. The number of para-hydroxylation sites is 2. The molecule has 0 radical (unpaired) electrons. The summed E-state index contributed by atoms with van der Waals surface area (Å²) in [6, 6.07) is 15.2. The zero-order valence-electron chi connectivity index (χ0n) is 14.3. The van der Waals surface area contributed by atoms with Crippen molar-refractivity contribution in [1.82, 2.24) is 4.90 Å². The third-order valence-electron chi connectivity index (χ3n) is 3.57. The van der Waals surface area contributed by atoms with Crippen LogP contribution in [0.2, 0.25) is 0 Å². The number of nitrogens with one attached hydrogen (secondary N) is 1. The van der Waals surface area contributed by atoms with E-state index < -0.39 is 16.8 Å². The number of nitro groups is 1. The maximum atomic E-state index is 12.3. The first-order valence-electron chi connectivity index (χ1n) is 7.86. The number of methoxy groups -OCH3 is 1. The predicted octanol–water partition coefficient (Wildman–Crippen LogP) is 2.21. The van der Waals surface area contributed by atoms with Crippen molar-refractivity contribution in [1.29, 1.82) is 0 Å². The molecule has 26 heavy (non-hydrogen) atoms. The van der Waals surface area contributed by atoms with Crippen LogP contribution in [0.3, 0.4) is 0 Å². The monoisotopic (exact) mass is 357 g/mol. The van der Waals surface area contributed by atoms with E-state index in [0.717, 1.165) is 5.56 Å². The zero-order valence-corrected chi connectivity index (χ0v) is 14.3. The number of ether oxygens (including phenoxy) is 1. The second kappa shape index (κ2) is 9.28. The van der Waals surface area contributed by atoms with Gasteiger partial charge in [-0.15, -0.1) is 0 Å². The molecule has 0 aromatic heterocycles. The van der Waals surface area contributed by atoms with Crippen LogP contribution in [0.1, 0.15) is 5.56 Å². The summed E-state index contributed by atoms with van der Waals surface area (Å²) in [5, 5.41) is 13.6. The van der Waals surface area contributed by atoms with E-state index in [0.29, 0.717) is 6.54 Å². The van der Waals surface area contributed by atoms with Gasteiger partial charge in [-0.25, -0.2) is 0 Å². The van der Waals surface area contributed by atoms with E-state index in [4.69, 9.17) is 0 Å². The van der Waals surface area contributed by atoms with E-state index >= 15 is 0 Å². The molecule has 0 unspecified atom stereocenters. The van der Waals surface area contributed by atoms with Gasteiger partial charge >= 0.3 is 5.97 Å². The summed E-state index contributed by atoms with van der Waals surface area (Å²) in [5.74, 6) is -0.932. The Hall–Kier alpha value is -3.26. The van der Waals surface area contributed by atoms with Crippen molar-refractivity contribution >= 4 is 23.3 Å². The number of nitro benzene ring substituents is 1. The van der Waals surface area contributed by atoms with Gasteiger partial charge < -0.3 is 10.1 Å². The lowest BCUT2D eigenvalue weighted by molar-refractivity contribution is -0.383. The third-order valence-corrected chi connectivity index (χ3v) is 3.57. The molecule has 0 spiro atoms. The van der Waals surface area contributed by atoms with E-state index in [2.05, 4.69) is 10.1 Å². The van der Waals surface area contributed by atoms with Crippen LogP contribution in [0, 0.1) is 10.1 Å². The van der Waals surface area contributed by atoms with Crippen LogP contribution in [0.5, 0.6) is 0 Å². The number of rotatable bonds is 8. The Morgan fingerprint density at radius 2 is 1.73 bits per heavy atom. The van der Waals surface area contributed by atoms with Crippen LogP contribution in [0.15, 0.2) is 54.6 Å². The van der Waals surface area contributed by atoms with E-state index in [9.17, 15) is 19.7 Å². The van der Waals surface area contributed by atoms with Crippen LogP contribution in [0.25, 0.3) is 0 Å². The SMILES string of the molecule is COC(=O)CN(CC(=O)Nc1ccccc1[N+](=O)[O-])Cc1ccccc1. The quantitative estimate of drug-likeness (QED) is 0.441. The van der Waals surface area contributed by atoms with E-state index in [1.54, 1.807) is 11.0 Å². The Bertz CT molecular complexity index is 779. The smallest absolute Gasteiger partial charge is 0.319 e. The molecule has 136 valence electrons. The van der Waals surface area contributed by atoms with Crippen LogP contribution in [0.4, 0.5) is 11.4 Å². The third kappa shape index (κ3) is 5.67. The molecule has 0 aliphatic carbocycles. The molecule has 0 atom stereocenters. The van der Waals surface area contributed by atoms with Gasteiger partial charge in [0, 0.05) is 12.6 Å². The summed E-state index contributed by atoms with van der Waals surface area (Å²) in [5.41, 5.74) is 0.846. The number of hydrogen-bond acceptors (Lipinski definition) is 6. The molecule has 0 heterocycles. The number of anilines is 1. The minimum Gasteiger partial charge on any atom is -0.468 e. The van der Waals surface area contributed by atoms with Crippen molar-refractivity contribution < 1.29 is 19.2 Å². The largest absolute Gasteiger partial charge is 0.468 e. The summed E-state index contributed by atoms with van der Waals surface area (Å²) < 4.78 is 4.67. The van der Waals surface area contributed by atoms with Crippen molar-refractivity contribution in [3.63, 3.8) is 0 Å². The van der Waals surface area contributed by atoms with Crippen LogP contribution in [-0.2, 0) is 20.9 Å². The molecule has 0 saturated heterocycles. The molecule has 2 rings (SSSR count). The van der Waals surface area contributed by atoms with Gasteiger partial charge in [-0.2, -0.15) is 0 Å². The van der Waals surface area contributed by atoms with Gasteiger partial charge in [0.25, 0.3) is 5.69 Å². The summed E-state index contributed by atoms with van der Waals surface area (Å²) >= 11 is 0. The molecule has 0 bridgehead atoms. The molecular formula is C18H19N3O5. The van der Waals surface area contributed by atoms with Gasteiger partial charge in [-0.3, -0.25) is 24.6 Å². The van der Waals surface area contributed by atoms with Crippen LogP contribution >= 0.6 is 0 Å². The summed E-state index contributed by atoms with van der Waals surface area (Å²) in [4.78, 5) is 36.0. The minimum atomic E-state index is -0.564. The molecular weight excluding hydrogens is 338 g/mol. The Kier molecular flexibility index (Phi) is 6.81. The van der Waals surface area contributed by atoms with Crippen molar-refractivity contribution in [2.24, 2.45) is 0 Å². The number of benzene rings is 2. The Morgan fingerprint density at radius 3 is 2.38 bits per heavy atom. The van der Waals surface area contributed by atoms with Crippen molar-refractivity contribution in [3.05, 3.63) is 70.3 Å². The highest BCUT2D eigenvalue weighted by molar-refractivity contribution is 5.94. The summed E-state index contributed by atoms with van der Waals surface area (Å²) in [7, 11) is 1.27. The summed E-state index contributed by atoms with van der Waals surface area (Å²) in [6.07, 6.45) is 0. The topological polar surface area (TPSA) is 102 Å². The van der Waals surface area contributed by atoms with E-state index in [1.807, 2.05) is 30.3 Å². The second-order valence-electron chi connectivity index (χ2n) is 5.53. The van der Waals surface area contributed by atoms with Crippen LogP contribution in [-0.4, -0.2) is 41.9 Å². The van der Waals surface area contributed by atoms with Crippen molar-refractivity contribution in [2.75, 3.05) is 25.5 Å². The maximum Gasteiger partial charge on any atom is 0.319 e. The molecule has 1 amide bonds. The predicted molar refractivity (Wildman–Crippen MR) is 95.5 cm³/mol. The van der Waals surface area contributed by atoms with Gasteiger partial charge in [0.1, 0.15) is 5.69 Å². The molecule has 0 fully saturated rings.